The monoisotopic (exact) mass is 342 g/mol. The number of hydrogen-bond donors (Lipinski definition) is 3. The van der Waals surface area contributed by atoms with Gasteiger partial charge in [-0.2, -0.15) is 0 Å². The van der Waals surface area contributed by atoms with Crippen LogP contribution in [0.1, 0.15) is 39.2 Å². The second-order valence-electron chi connectivity index (χ2n) is 6.64. The fourth-order valence-electron chi connectivity index (χ4n) is 3.06. The largest absolute Gasteiger partial charge is 0.328 e. The molecule has 0 bridgehead atoms. The van der Waals surface area contributed by atoms with E-state index in [9.17, 15) is 4.79 Å². The fourth-order valence-corrected chi connectivity index (χ4v) is 3.06. The Bertz CT molecular complexity index is 626. The average molecular weight is 342 g/mol. The van der Waals surface area contributed by atoms with Gasteiger partial charge >= 0.3 is 0 Å². The Hall–Kier alpha value is -2.11. The third-order valence-corrected chi connectivity index (χ3v) is 4.58. The molecule has 0 radical (unpaired) electrons. The molecule has 1 aliphatic heterocycles. The topological polar surface area (TPSA) is 56.4 Å². The van der Waals surface area contributed by atoms with Crippen LogP contribution in [0.5, 0.6) is 0 Å². The van der Waals surface area contributed by atoms with Crippen molar-refractivity contribution in [2.45, 2.75) is 45.7 Å². The maximum Gasteiger partial charge on any atom is 0.223 e. The Morgan fingerprint density at radius 2 is 2.04 bits per heavy atom. The first kappa shape index (κ1) is 19.2. The first-order chi connectivity index (χ1) is 12.0. The summed E-state index contributed by atoms with van der Waals surface area (Å²) in [6, 6.07) is 10.4. The second-order valence-corrected chi connectivity index (χ2v) is 6.64. The van der Waals surface area contributed by atoms with E-state index in [0.29, 0.717) is 13.0 Å². The zero-order valence-electron chi connectivity index (χ0n) is 15.6. The Kier molecular flexibility index (Phi) is 6.79. The summed E-state index contributed by atoms with van der Waals surface area (Å²) in [7, 11) is 0. The molecule has 2 rings (SSSR count). The molecule has 0 aromatic heterocycles. The van der Waals surface area contributed by atoms with E-state index in [4.69, 9.17) is 0 Å². The number of carbonyl (C=O) groups is 1. The highest BCUT2D eigenvalue weighted by Gasteiger charge is 2.37. The summed E-state index contributed by atoms with van der Waals surface area (Å²) in [5, 5.41) is 3.09. The lowest BCUT2D eigenvalue weighted by molar-refractivity contribution is -0.120. The van der Waals surface area contributed by atoms with Gasteiger partial charge in [0, 0.05) is 30.9 Å². The standard InChI is InChI=1S/C20H30N4O/c1-5-12-24(14-17-10-8-7-9-11-17)20(4)15-21-23-16(3)13-18(20)22-19(25)6-2/h7-11,13,21,23H,3,5-6,12,14-15H2,1-2,4H3,(H,22,25). The number of nitrogens with one attached hydrogen (secondary N) is 3. The summed E-state index contributed by atoms with van der Waals surface area (Å²) in [6.07, 6.45) is 3.42. The maximum atomic E-state index is 12.1. The Morgan fingerprint density at radius 3 is 2.68 bits per heavy atom. The molecule has 1 amide bonds. The highest BCUT2D eigenvalue weighted by molar-refractivity contribution is 5.78. The van der Waals surface area contributed by atoms with E-state index in [2.05, 4.69) is 65.8 Å². The molecule has 5 heteroatoms. The summed E-state index contributed by atoms with van der Waals surface area (Å²) in [5.41, 5.74) is 8.85. The third kappa shape index (κ3) is 4.94. The molecule has 1 aromatic carbocycles. The van der Waals surface area contributed by atoms with Crippen molar-refractivity contribution in [3.63, 3.8) is 0 Å². The Balaban J connectivity index is 2.36. The van der Waals surface area contributed by atoms with Crippen molar-refractivity contribution in [2.24, 2.45) is 0 Å². The van der Waals surface area contributed by atoms with Crippen LogP contribution in [0.25, 0.3) is 0 Å². The SMILES string of the molecule is C=C1C=C(NC(=O)CC)C(C)(N(CCC)Cc2ccccc2)CNN1. The van der Waals surface area contributed by atoms with Gasteiger partial charge in [0.2, 0.25) is 5.91 Å². The highest BCUT2D eigenvalue weighted by atomic mass is 16.1. The van der Waals surface area contributed by atoms with Gasteiger partial charge in [0.1, 0.15) is 0 Å². The highest BCUT2D eigenvalue weighted by Crippen LogP contribution is 2.27. The Morgan fingerprint density at radius 1 is 1.32 bits per heavy atom. The molecule has 3 N–H and O–H groups in total. The van der Waals surface area contributed by atoms with E-state index in [-0.39, 0.29) is 11.4 Å². The summed E-state index contributed by atoms with van der Waals surface area (Å²) < 4.78 is 0. The lowest BCUT2D eigenvalue weighted by atomic mass is 9.93. The van der Waals surface area contributed by atoms with Crippen LogP contribution in [0.2, 0.25) is 0 Å². The van der Waals surface area contributed by atoms with Crippen molar-refractivity contribution in [1.29, 1.82) is 0 Å². The van der Waals surface area contributed by atoms with Crippen LogP contribution in [-0.4, -0.2) is 29.4 Å². The van der Waals surface area contributed by atoms with Gasteiger partial charge < -0.3 is 10.7 Å². The zero-order valence-corrected chi connectivity index (χ0v) is 15.6. The quantitative estimate of drug-likeness (QED) is 0.713. The maximum absolute atomic E-state index is 12.1. The van der Waals surface area contributed by atoms with E-state index >= 15 is 0 Å². The molecule has 1 unspecified atom stereocenters. The molecule has 1 aromatic rings. The number of benzene rings is 1. The lowest BCUT2D eigenvalue weighted by Gasteiger charge is -2.42. The summed E-state index contributed by atoms with van der Waals surface area (Å²) >= 11 is 0. The van der Waals surface area contributed by atoms with Gasteiger partial charge in [0.25, 0.3) is 0 Å². The average Bonchev–Trinajstić information content (AvgIpc) is 2.74. The van der Waals surface area contributed by atoms with Crippen LogP contribution < -0.4 is 16.2 Å². The van der Waals surface area contributed by atoms with Gasteiger partial charge in [-0.15, -0.1) is 0 Å². The number of hydrogen-bond acceptors (Lipinski definition) is 4. The van der Waals surface area contributed by atoms with Crippen LogP contribution in [0, 0.1) is 0 Å². The van der Waals surface area contributed by atoms with Crippen LogP contribution in [0.3, 0.4) is 0 Å². The molecule has 136 valence electrons. The molecule has 0 saturated carbocycles. The van der Waals surface area contributed by atoms with Crippen molar-refractivity contribution < 1.29 is 4.79 Å². The lowest BCUT2D eigenvalue weighted by Crippen LogP contribution is -2.57. The molecule has 5 nitrogen and oxygen atoms in total. The minimum Gasteiger partial charge on any atom is -0.328 e. The van der Waals surface area contributed by atoms with Gasteiger partial charge in [0.15, 0.2) is 0 Å². The summed E-state index contributed by atoms with van der Waals surface area (Å²) in [5.74, 6) is 0.0170. The molecule has 25 heavy (non-hydrogen) atoms. The number of carbonyl (C=O) groups excluding carboxylic acids is 1. The number of amides is 1. The molecule has 0 aliphatic carbocycles. The van der Waals surface area contributed by atoms with E-state index in [1.54, 1.807) is 0 Å². The first-order valence-corrected chi connectivity index (χ1v) is 8.98. The smallest absolute Gasteiger partial charge is 0.223 e. The predicted molar refractivity (Wildman–Crippen MR) is 102 cm³/mol. The normalized spacial score (nSPS) is 20.6. The van der Waals surface area contributed by atoms with E-state index < -0.39 is 0 Å². The molecule has 1 aliphatic rings. The van der Waals surface area contributed by atoms with Crippen LogP contribution in [0.15, 0.2) is 54.4 Å². The van der Waals surface area contributed by atoms with Crippen molar-refractivity contribution in [1.82, 2.24) is 21.1 Å². The molecule has 1 atom stereocenters. The number of nitrogens with zero attached hydrogens (tertiary/aromatic N) is 1. The predicted octanol–water partition coefficient (Wildman–Crippen LogP) is 2.69. The van der Waals surface area contributed by atoms with Crippen molar-refractivity contribution >= 4 is 5.91 Å². The molecule has 0 spiro atoms. The van der Waals surface area contributed by atoms with Gasteiger partial charge in [-0.05, 0) is 31.5 Å². The molecular formula is C20H30N4O. The van der Waals surface area contributed by atoms with Crippen molar-refractivity contribution in [2.75, 3.05) is 13.1 Å². The number of rotatable bonds is 7. The number of hydrazine groups is 1. The van der Waals surface area contributed by atoms with Gasteiger partial charge in [-0.1, -0.05) is 50.8 Å². The zero-order chi connectivity index (χ0) is 18.3. The van der Waals surface area contributed by atoms with Crippen molar-refractivity contribution in [3.05, 3.63) is 59.9 Å². The second kappa shape index (κ2) is 8.83. The summed E-state index contributed by atoms with van der Waals surface area (Å²) in [4.78, 5) is 14.5. The van der Waals surface area contributed by atoms with Gasteiger partial charge in [-0.3, -0.25) is 9.69 Å². The molecular weight excluding hydrogens is 312 g/mol. The fraction of sp³-hybridized carbons (Fsp3) is 0.450. The van der Waals surface area contributed by atoms with Gasteiger partial charge in [0.05, 0.1) is 5.54 Å². The van der Waals surface area contributed by atoms with Crippen LogP contribution >= 0.6 is 0 Å². The van der Waals surface area contributed by atoms with Crippen molar-refractivity contribution in [3.8, 4) is 0 Å². The van der Waals surface area contributed by atoms with Crippen LogP contribution in [0.4, 0.5) is 0 Å². The Labute approximate surface area is 151 Å². The van der Waals surface area contributed by atoms with Gasteiger partial charge in [-0.25, -0.2) is 5.43 Å². The first-order valence-electron chi connectivity index (χ1n) is 8.98. The third-order valence-electron chi connectivity index (χ3n) is 4.58. The molecule has 0 fully saturated rings. The minimum absolute atomic E-state index is 0.0170. The summed E-state index contributed by atoms with van der Waals surface area (Å²) in [6.45, 7) is 12.6. The van der Waals surface area contributed by atoms with E-state index in [1.807, 2.05) is 19.1 Å². The van der Waals surface area contributed by atoms with E-state index in [1.165, 1.54) is 5.56 Å². The molecule has 0 saturated heterocycles. The number of allylic oxidation sites excluding steroid dienone is 1. The van der Waals surface area contributed by atoms with Crippen LogP contribution in [-0.2, 0) is 11.3 Å². The minimum atomic E-state index is -0.358. The van der Waals surface area contributed by atoms with E-state index in [0.717, 1.165) is 30.9 Å². The molecule has 1 heterocycles.